The minimum atomic E-state index is 0.0658. The summed E-state index contributed by atoms with van der Waals surface area (Å²) in [6, 6.07) is 2.23. The lowest BCUT2D eigenvalue weighted by molar-refractivity contribution is -0.121. The third-order valence-corrected chi connectivity index (χ3v) is 3.60. The van der Waals surface area contributed by atoms with Crippen molar-refractivity contribution in [1.82, 2.24) is 19.9 Å². The van der Waals surface area contributed by atoms with E-state index in [0.717, 1.165) is 30.1 Å². The molecule has 0 radical (unpaired) electrons. The molecule has 1 saturated heterocycles. The molecule has 3 rings (SSSR count). The van der Waals surface area contributed by atoms with Crippen LogP contribution in [0.2, 0.25) is 0 Å². The van der Waals surface area contributed by atoms with Crippen LogP contribution >= 0.6 is 12.6 Å². The molecular weight excluding hydrogens is 274 g/mol. The van der Waals surface area contributed by atoms with Crippen molar-refractivity contribution in [3.8, 4) is 0 Å². The maximum absolute atomic E-state index is 11.5. The third-order valence-electron chi connectivity index (χ3n) is 3.38. The van der Waals surface area contributed by atoms with Crippen molar-refractivity contribution >= 4 is 29.9 Å². The van der Waals surface area contributed by atoms with Crippen LogP contribution < -0.4 is 10.2 Å². The van der Waals surface area contributed by atoms with E-state index in [1.165, 1.54) is 0 Å². The maximum atomic E-state index is 11.5. The zero-order valence-corrected chi connectivity index (χ0v) is 12.2. The fourth-order valence-electron chi connectivity index (χ4n) is 2.42. The molecule has 0 unspecified atom stereocenters. The molecule has 1 aliphatic rings. The summed E-state index contributed by atoms with van der Waals surface area (Å²) < 4.78 is 1.84. The molecule has 0 aromatic carbocycles. The highest BCUT2D eigenvalue weighted by atomic mass is 32.1. The molecule has 1 amide bonds. The smallest absolute Gasteiger partial charge is 0.221 e. The summed E-state index contributed by atoms with van der Waals surface area (Å²) in [6.45, 7) is 3.54. The van der Waals surface area contributed by atoms with Gasteiger partial charge in [0.1, 0.15) is 5.52 Å². The first-order valence-electron chi connectivity index (χ1n) is 6.63. The number of fused-ring (bicyclic) bond motifs is 1. The average molecular weight is 291 g/mol. The molecule has 7 heteroatoms. The Morgan fingerprint density at radius 1 is 1.55 bits per heavy atom. The molecule has 3 heterocycles. The van der Waals surface area contributed by atoms with Crippen LogP contribution in [-0.4, -0.2) is 45.4 Å². The van der Waals surface area contributed by atoms with Gasteiger partial charge in [-0.2, -0.15) is 17.7 Å². The number of rotatable bonds is 4. The zero-order chi connectivity index (χ0) is 14.1. The van der Waals surface area contributed by atoms with E-state index in [1.807, 2.05) is 23.7 Å². The van der Waals surface area contributed by atoms with Gasteiger partial charge in [0.25, 0.3) is 0 Å². The summed E-state index contributed by atoms with van der Waals surface area (Å²) in [5.74, 6) is 1.57. The first kappa shape index (κ1) is 13.2. The molecular formula is C13H17N5OS. The summed E-state index contributed by atoms with van der Waals surface area (Å²) in [4.78, 5) is 18.1. The number of nitrogens with one attached hydrogen (secondary N) is 1. The van der Waals surface area contributed by atoms with E-state index in [-0.39, 0.29) is 11.9 Å². The Labute approximate surface area is 122 Å². The highest BCUT2D eigenvalue weighted by molar-refractivity contribution is 7.80. The molecule has 106 valence electrons. The van der Waals surface area contributed by atoms with E-state index in [4.69, 9.17) is 0 Å². The number of carbonyl (C=O) groups excluding carboxylic acids is 1. The highest BCUT2D eigenvalue weighted by Crippen LogP contribution is 2.24. The largest absolute Gasteiger partial charge is 0.351 e. The number of aryl methyl sites for hydroxylation is 1. The predicted octanol–water partition coefficient (Wildman–Crippen LogP) is 0.662. The molecule has 0 saturated carbocycles. The number of hydrogen-bond acceptors (Lipinski definition) is 5. The van der Waals surface area contributed by atoms with E-state index in [0.29, 0.717) is 12.2 Å². The van der Waals surface area contributed by atoms with Gasteiger partial charge in [0, 0.05) is 31.9 Å². The summed E-state index contributed by atoms with van der Waals surface area (Å²) in [6.07, 6.45) is 4.06. The van der Waals surface area contributed by atoms with Gasteiger partial charge in [0.05, 0.1) is 11.7 Å². The lowest BCUT2D eigenvalue weighted by atomic mass is 10.1. The van der Waals surface area contributed by atoms with Gasteiger partial charge >= 0.3 is 0 Å². The average Bonchev–Trinajstić information content (AvgIpc) is 2.74. The highest BCUT2D eigenvalue weighted by Gasteiger charge is 2.30. The molecule has 2 aromatic rings. The molecule has 0 aliphatic carbocycles. The molecule has 1 aliphatic heterocycles. The second-order valence-electron chi connectivity index (χ2n) is 5.01. The Bertz CT molecular complexity index is 635. The van der Waals surface area contributed by atoms with Gasteiger partial charge in [-0.05, 0) is 18.7 Å². The first-order chi connectivity index (χ1) is 9.67. The van der Waals surface area contributed by atoms with Crippen LogP contribution in [0.25, 0.3) is 5.52 Å². The second kappa shape index (κ2) is 5.32. The molecule has 1 N–H and O–H groups in total. The minimum absolute atomic E-state index is 0.0658. The fraction of sp³-hybridized carbons (Fsp3) is 0.462. The van der Waals surface area contributed by atoms with E-state index in [2.05, 4.69) is 32.9 Å². The van der Waals surface area contributed by atoms with E-state index in [1.54, 1.807) is 6.20 Å². The number of carbonyl (C=O) groups is 1. The molecule has 0 bridgehead atoms. The molecule has 2 aromatic heterocycles. The fourth-order valence-corrected chi connectivity index (χ4v) is 2.62. The monoisotopic (exact) mass is 291 g/mol. The number of aromatic nitrogens is 3. The second-order valence-corrected chi connectivity index (χ2v) is 5.46. The van der Waals surface area contributed by atoms with E-state index >= 15 is 0 Å². The van der Waals surface area contributed by atoms with Gasteiger partial charge in [-0.15, -0.1) is 0 Å². The van der Waals surface area contributed by atoms with Crippen LogP contribution in [0.5, 0.6) is 0 Å². The van der Waals surface area contributed by atoms with Crippen molar-refractivity contribution in [2.45, 2.75) is 19.4 Å². The number of nitrogens with zero attached hydrogens (tertiary/aromatic N) is 4. The van der Waals surface area contributed by atoms with Gasteiger partial charge in [-0.3, -0.25) is 4.79 Å². The minimum Gasteiger partial charge on any atom is -0.351 e. The lowest BCUT2D eigenvalue weighted by Crippen LogP contribution is -2.59. The zero-order valence-electron chi connectivity index (χ0n) is 11.3. The third kappa shape index (κ3) is 2.45. The van der Waals surface area contributed by atoms with E-state index in [9.17, 15) is 4.79 Å². The molecule has 1 fully saturated rings. The Kier molecular flexibility index (Phi) is 3.52. The Morgan fingerprint density at radius 3 is 3.10 bits per heavy atom. The van der Waals surface area contributed by atoms with Crippen LogP contribution in [0.15, 0.2) is 18.5 Å². The maximum Gasteiger partial charge on any atom is 0.221 e. The van der Waals surface area contributed by atoms with Crippen LogP contribution in [0.4, 0.5) is 5.82 Å². The number of amides is 1. The molecule has 0 atom stereocenters. The summed E-state index contributed by atoms with van der Waals surface area (Å²) >= 11 is 4.06. The number of thiol groups is 1. The Hall–Kier alpha value is -1.76. The van der Waals surface area contributed by atoms with Crippen LogP contribution in [0, 0.1) is 6.92 Å². The van der Waals surface area contributed by atoms with Gasteiger partial charge < -0.3 is 10.2 Å². The lowest BCUT2D eigenvalue weighted by Gasteiger charge is -2.40. The number of anilines is 1. The summed E-state index contributed by atoms with van der Waals surface area (Å²) in [5.41, 5.74) is 1.98. The number of hydrogen-bond donors (Lipinski definition) is 2. The first-order valence-corrected chi connectivity index (χ1v) is 7.27. The Morgan fingerprint density at radius 2 is 2.35 bits per heavy atom. The van der Waals surface area contributed by atoms with Crippen LogP contribution in [-0.2, 0) is 4.79 Å². The van der Waals surface area contributed by atoms with Crippen molar-refractivity contribution in [2.24, 2.45) is 0 Å². The summed E-state index contributed by atoms with van der Waals surface area (Å²) in [5, 5.41) is 7.37. The molecule has 6 nitrogen and oxygen atoms in total. The molecule has 20 heavy (non-hydrogen) atoms. The van der Waals surface area contributed by atoms with Crippen LogP contribution in [0.3, 0.4) is 0 Å². The molecule has 0 spiro atoms. The predicted molar refractivity (Wildman–Crippen MR) is 80.3 cm³/mol. The Balaban J connectivity index is 1.68. The quantitative estimate of drug-likeness (QED) is 0.813. The van der Waals surface area contributed by atoms with Gasteiger partial charge in [-0.25, -0.2) is 9.50 Å². The van der Waals surface area contributed by atoms with Crippen molar-refractivity contribution in [3.63, 3.8) is 0 Å². The van der Waals surface area contributed by atoms with Crippen LogP contribution in [0.1, 0.15) is 12.1 Å². The summed E-state index contributed by atoms with van der Waals surface area (Å²) in [7, 11) is 0. The van der Waals surface area contributed by atoms with E-state index < -0.39 is 0 Å². The topological polar surface area (TPSA) is 62.5 Å². The van der Waals surface area contributed by atoms with Gasteiger partial charge in [0.2, 0.25) is 5.91 Å². The van der Waals surface area contributed by atoms with Crippen molar-refractivity contribution in [1.29, 1.82) is 0 Å². The van der Waals surface area contributed by atoms with Gasteiger partial charge in [0.15, 0.2) is 5.82 Å². The van der Waals surface area contributed by atoms with Gasteiger partial charge in [-0.1, -0.05) is 0 Å². The SMILES string of the molecule is Cc1cc2c(N3CC(NC(=O)CCS)C3)nccn2n1. The van der Waals surface area contributed by atoms with Crippen molar-refractivity contribution in [3.05, 3.63) is 24.2 Å². The van der Waals surface area contributed by atoms with Crippen molar-refractivity contribution in [2.75, 3.05) is 23.7 Å². The van der Waals surface area contributed by atoms with Crippen molar-refractivity contribution < 1.29 is 4.79 Å². The normalized spacial score (nSPS) is 15.4. The standard InChI is InChI=1S/C13H17N5OS/c1-9-6-11-13(14-3-4-18(11)16-9)17-7-10(8-17)15-12(19)2-5-20/h3-4,6,10,20H,2,5,7-8H2,1H3,(H,15,19).